The Hall–Kier alpha value is -3.29. The molecular formula is C25H27F4N3O. The molecule has 3 aromatic rings. The average molecular weight is 462 g/mol. The summed E-state index contributed by atoms with van der Waals surface area (Å²) in [5.41, 5.74) is 0.685. The summed E-state index contributed by atoms with van der Waals surface area (Å²) in [5, 5.41) is 2.62. The van der Waals surface area contributed by atoms with E-state index in [-0.39, 0.29) is 18.8 Å². The molecule has 0 aliphatic rings. The number of urea groups is 1. The van der Waals surface area contributed by atoms with E-state index >= 15 is 0 Å². The van der Waals surface area contributed by atoms with Crippen molar-refractivity contribution in [2.45, 2.75) is 45.5 Å². The molecule has 0 aliphatic carbocycles. The lowest BCUT2D eigenvalue weighted by Gasteiger charge is -2.24. The number of nitrogens with one attached hydrogen (secondary N) is 1. The molecule has 2 amide bonds. The van der Waals surface area contributed by atoms with Gasteiger partial charge in [0.25, 0.3) is 0 Å². The van der Waals surface area contributed by atoms with Crippen molar-refractivity contribution in [3.8, 4) is 0 Å². The second kappa shape index (κ2) is 11.0. The first-order valence-corrected chi connectivity index (χ1v) is 10.9. The van der Waals surface area contributed by atoms with Gasteiger partial charge >= 0.3 is 12.2 Å². The molecule has 4 nitrogen and oxygen atoms in total. The van der Waals surface area contributed by atoms with Gasteiger partial charge in [0.2, 0.25) is 0 Å². The molecule has 0 unspecified atom stereocenters. The maximum absolute atomic E-state index is 14.0. The predicted octanol–water partition coefficient (Wildman–Crippen LogP) is 6.92. The first-order chi connectivity index (χ1) is 15.8. The van der Waals surface area contributed by atoms with E-state index in [2.05, 4.69) is 12.2 Å². The van der Waals surface area contributed by atoms with Gasteiger partial charge in [0.1, 0.15) is 5.82 Å². The molecular weight excluding hydrogens is 434 g/mol. The van der Waals surface area contributed by atoms with Crippen LogP contribution in [-0.2, 0) is 19.3 Å². The number of unbranched alkanes of at least 4 members (excludes halogenated alkanes) is 2. The highest BCUT2D eigenvalue weighted by Crippen LogP contribution is 2.29. The molecule has 3 rings (SSSR count). The van der Waals surface area contributed by atoms with Crippen LogP contribution in [0, 0.1) is 5.82 Å². The van der Waals surface area contributed by atoms with E-state index in [0.717, 1.165) is 37.1 Å². The van der Waals surface area contributed by atoms with E-state index in [1.807, 2.05) is 10.6 Å². The SMILES string of the molecule is CCCCCN(Cc1cccn1Cc1cccc(C(F)(F)F)c1)C(=O)Nc1ccccc1F. The number of carbonyl (C=O) groups is 1. The zero-order valence-electron chi connectivity index (χ0n) is 18.4. The van der Waals surface area contributed by atoms with E-state index in [1.165, 1.54) is 18.2 Å². The molecule has 8 heteroatoms. The lowest BCUT2D eigenvalue weighted by atomic mass is 10.1. The normalized spacial score (nSPS) is 11.4. The second-order valence-electron chi connectivity index (χ2n) is 7.86. The fourth-order valence-corrected chi connectivity index (χ4v) is 3.55. The molecule has 0 fully saturated rings. The van der Waals surface area contributed by atoms with Gasteiger partial charge < -0.3 is 14.8 Å². The van der Waals surface area contributed by atoms with Crippen LogP contribution in [0.1, 0.15) is 43.0 Å². The molecule has 33 heavy (non-hydrogen) atoms. The highest BCUT2D eigenvalue weighted by atomic mass is 19.4. The summed E-state index contributed by atoms with van der Waals surface area (Å²) in [6, 6.07) is 14.4. The third-order valence-electron chi connectivity index (χ3n) is 5.32. The van der Waals surface area contributed by atoms with Crippen molar-refractivity contribution in [2.75, 3.05) is 11.9 Å². The van der Waals surface area contributed by atoms with Crippen LogP contribution in [0.4, 0.5) is 28.0 Å². The maximum atomic E-state index is 14.0. The van der Waals surface area contributed by atoms with Gasteiger partial charge in [0, 0.05) is 25.0 Å². The molecule has 1 heterocycles. The summed E-state index contributed by atoms with van der Waals surface area (Å²) in [4.78, 5) is 14.5. The third-order valence-corrected chi connectivity index (χ3v) is 5.32. The number of carbonyl (C=O) groups excluding carboxylic acids is 1. The number of hydrogen-bond donors (Lipinski definition) is 1. The zero-order chi connectivity index (χ0) is 23.8. The molecule has 2 aromatic carbocycles. The van der Waals surface area contributed by atoms with Crippen LogP contribution in [-0.4, -0.2) is 22.0 Å². The standard InChI is InChI=1S/C25H27F4N3O/c1-2-3-6-14-32(24(33)30-23-13-5-4-12-22(23)26)18-21-11-8-15-31(21)17-19-9-7-10-20(16-19)25(27,28)29/h4-5,7-13,15-16H,2-3,6,14,17-18H2,1H3,(H,30,33). The number of nitrogens with zero attached hydrogens (tertiary/aromatic N) is 2. The molecule has 0 bridgehead atoms. The van der Waals surface area contributed by atoms with Gasteiger partial charge in [0.15, 0.2) is 0 Å². The van der Waals surface area contributed by atoms with Crippen molar-refractivity contribution in [3.63, 3.8) is 0 Å². The quantitative estimate of drug-likeness (QED) is 0.273. The van der Waals surface area contributed by atoms with Gasteiger partial charge in [-0.3, -0.25) is 0 Å². The Labute approximate surface area is 190 Å². The van der Waals surface area contributed by atoms with Crippen LogP contribution in [0.3, 0.4) is 0 Å². The molecule has 0 spiro atoms. The van der Waals surface area contributed by atoms with Gasteiger partial charge in [0.05, 0.1) is 17.8 Å². The Morgan fingerprint density at radius 2 is 1.82 bits per heavy atom. The zero-order valence-corrected chi connectivity index (χ0v) is 18.4. The largest absolute Gasteiger partial charge is 0.416 e. The number of anilines is 1. The number of benzene rings is 2. The van der Waals surface area contributed by atoms with E-state index < -0.39 is 23.6 Å². The van der Waals surface area contributed by atoms with Crippen LogP contribution >= 0.6 is 0 Å². The molecule has 0 aliphatic heterocycles. The lowest BCUT2D eigenvalue weighted by molar-refractivity contribution is -0.137. The number of rotatable bonds is 9. The van der Waals surface area contributed by atoms with Crippen LogP contribution in [0.25, 0.3) is 0 Å². The minimum Gasteiger partial charge on any atom is -0.345 e. The van der Waals surface area contributed by atoms with Crippen LogP contribution in [0.15, 0.2) is 66.9 Å². The van der Waals surface area contributed by atoms with Gasteiger partial charge in [-0.1, -0.05) is 44.0 Å². The maximum Gasteiger partial charge on any atom is 0.416 e. The number of para-hydroxylation sites is 1. The minimum atomic E-state index is -4.41. The third kappa shape index (κ3) is 6.84. The van der Waals surface area contributed by atoms with Gasteiger partial charge in [-0.05, 0) is 48.4 Å². The summed E-state index contributed by atoms with van der Waals surface area (Å²) in [5.74, 6) is -0.521. The van der Waals surface area contributed by atoms with Crippen molar-refractivity contribution >= 4 is 11.7 Å². The van der Waals surface area contributed by atoms with E-state index in [9.17, 15) is 22.4 Å². The van der Waals surface area contributed by atoms with Crippen LogP contribution < -0.4 is 5.32 Å². The molecule has 176 valence electrons. The van der Waals surface area contributed by atoms with E-state index in [0.29, 0.717) is 12.1 Å². The van der Waals surface area contributed by atoms with Gasteiger partial charge in [-0.15, -0.1) is 0 Å². The fourth-order valence-electron chi connectivity index (χ4n) is 3.55. The lowest BCUT2D eigenvalue weighted by Crippen LogP contribution is -2.36. The number of alkyl halides is 3. The van der Waals surface area contributed by atoms with Crippen molar-refractivity contribution in [3.05, 3.63) is 89.5 Å². The van der Waals surface area contributed by atoms with Gasteiger partial charge in [-0.25, -0.2) is 9.18 Å². The highest BCUT2D eigenvalue weighted by molar-refractivity contribution is 5.89. The highest BCUT2D eigenvalue weighted by Gasteiger charge is 2.30. The van der Waals surface area contributed by atoms with Crippen LogP contribution in [0.5, 0.6) is 0 Å². The Balaban J connectivity index is 1.76. The van der Waals surface area contributed by atoms with Gasteiger partial charge in [-0.2, -0.15) is 13.2 Å². The van der Waals surface area contributed by atoms with Crippen molar-refractivity contribution < 1.29 is 22.4 Å². The summed E-state index contributed by atoms with van der Waals surface area (Å²) in [6.07, 6.45) is 0.0734. The number of halogens is 4. The molecule has 1 N–H and O–H groups in total. The number of amides is 2. The molecule has 0 atom stereocenters. The fraction of sp³-hybridized carbons (Fsp3) is 0.320. The molecule has 0 saturated heterocycles. The monoisotopic (exact) mass is 461 g/mol. The second-order valence-corrected chi connectivity index (χ2v) is 7.86. The molecule has 1 aromatic heterocycles. The average Bonchev–Trinajstić information content (AvgIpc) is 3.21. The Morgan fingerprint density at radius 1 is 1.03 bits per heavy atom. The van der Waals surface area contributed by atoms with Crippen molar-refractivity contribution in [2.24, 2.45) is 0 Å². The summed E-state index contributed by atoms with van der Waals surface area (Å²) in [6.45, 7) is 3.02. The summed E-state index contributed by atoms with van der Waals surface area (Å²) in [7, 11) is 0. The molecule has 0 radical (unpaired) electrons. The Kier molecular flexibility index (Phi) is 8.14. The van der Waals surface area contributed by atoms with Crippen molar-refractivity contribution in [1.29, 1.82) is 0 Å². The predicted molar refractivity (Wildman–Crippen MR) is 120 cm³/mol. The Morgan fingerprint density at radius 3 is 2.55 bits per heavy atom. The summed E-state index contributed by atoms with van der Waals surface area (Å²) >= 11 is 0. The first-order valence-electron chi connectivity index (χ1n) is 10.9. The van der Waals surface area contributed by atoms with E-state index in [1.54, 1.807) is 35.4 Å². The minimum absolute atomic E-state index is 0.0994. The first kappa shape index (κ1) is 24.4. The number of aromatic nitrogens is 1. The van der Waals surface area contributed by atoms with Crippen molar-refractivity contribution in [1.82, 2.24) is 9.47 Å². The number of hydrogen-bond acceptors (Lipinski definition) is 1. The topological polar surface area (TPSA) is 37.3 Å². The van der Waals surface area contributed by atoms with Crippen LogP contribution in [0.2, 0.25) is 0 Å². The van der Waals surface area contributed by atoms with E-state index in [4.69, 9.17) is 0 Å². The summed E-state index contributed by atoms with van der Waals surface area (Å²) < 4.78 is 55.0. The molecule has 0 saturated carbocycles. The smallest absolute Gasteiger partial charge is 0.345 e. The Bertz CT molecular complexity index is 1060.